The van der Waals surface area contributed by atoms with Gasteiger partial charge in [-0.25, -0.2) is 8.42 Å². The maximum atomic E-state index is 12.1. The minimum absolute atomic E-state index is 0.0756. The molecular weight excluding hydrogens is 314 g/mol. The minimum Gasteiger partial charge on any atom is -0.467 e. The molecule has 0 radical (unpaired) electrons. The summed E-state index contributed by atoms with van der Waals surface area (Å²) in [6.07, 6.45) is 1.50. The zero-order valence-electron chi connectivity index (χ0n) is 11.3. The lowest BCUT2D eigenvalue weighted by molar-refractivity contribution is -0.127. The summed E-state index contributed by atoms with van der Waals surface area (Å²) in [6.45, 7) is 0.224. The van der Waals surface area contributed by atoms with Gasteiger partial charge in [-0.05, 0) is 36.4 Å². The monoisotopic (exact) mass is 327 g/mol. The Balaban J connectivity index is 2.05. The van der Waals surface area contributed by atoms with Gasteiger partial charge in [-0.3, -0.25) is 4.79 Å². The van der Waals surface area contributed by atoms with Crippen LogP contribution in [-0.4, -0.2) is 32.0 Å². The quantitative estimate of drug-likeness (QED) is 0.845. The summed E-state index contributed by atoms with van der Waals surface area (Å²) < 4.78 is 29.4. The third-order valence-corrected chi connectivity index (χ3v) is 4.75. The van der Waals surface area contributed by atoms with Gasteiger partial charge in [-0.1, -0.05) is 11.6 Å². The molecule has 0 aliphatic rings. The van der Waals surface area contributed by atoms with Crippen LogP contribution < -0.4 is 0 Å². The molecule has 1 amide bonds. The molecule has 21 heavy (non-hydrogen) atoms. The van der Waals surface area contributed by atoms with E-state index in [0.29, 0.717) is 10.8 Å². The van der Waals surface area contributed by atoms with E-state index in [9.17, 15) is 13.2 Å². The molecule has 0 atom stereocenters. The number of rotatable bonds is 5. The molecule has 0 saturated heterocycles. The maximum Gasteiger partial charge on any atom is 0.238 e. The van der Waals surface area contributed by atoms with Crippen molar-refractivity contribution in [3.05, 3.63) is 53.4 Å². The van der Waals surface area contributed by atoms with E-state index in [1.54, 1.807) is 12.1 Å². The molecule has 0 spiro atoms. The second-order valence-electron chi connectivity index (χ2n) is 4.54. The summed E-state index contributed by atoms with van der Waals surface area (Å²) in [4.78, 5) is 13.4. The van der Waals surface area contributed by atoms with Crippen LogP contribution in [0.5, 0.6) is 0 Å². The second-order valence-corrected chi connectivity index (χ2v) is 6.97. The summed E-state index contributed by atoms with van der Waals surface area (Å²) in [6, 6.07) is 9.15. The van der Waals surface area contributed by atoms with Crippen molar-refractivity contribution in [3.8, 4) is 0 Å². The van der Waals surface area contributed by atoms with Crippen LogP contribution in [0.4, 0.5) is 0 Å². The molecule has 1 aromatic carbocycles. The highest BCUT2D eigenvalue weighted by Crippen LogP contribution is 2.16. The van der Waals surface area contributed by atoms with Crippen molar-refractivity contribution in [2.45, 2.75) is 11.4 Å². The van der Waals surface area contributed by atoms with E-state index < -0.39 is 21.5 Å². The third kappa shape index (κ3) is 4.09. The Kier molecular flexibility index (Phi) is 4.69. The molecule has 0 unspecified atom stereocenters. The number of carbonyl (C=O) groups is 1. The van der Waals surface area contributed by atoms with Gasteiger partial charge in [0.2, 0.25) is 5.91 Å². The van der Waals surface area contributed by atoms with Crippen molar-refractivity contribution in [3.63, 3.8) is 0 Å². The van der Waals surface area contributed by atoms with Crippen LogP contribution in [0.25, 0.3) is 0 Å². The van der Waals surface area contributed by atoms with Crippen molar-refractivity contribution >= 4 is 27.3 Å². The van der Waals surface area contributed by atoms with E-state index >= 15 is 0 Å². The predicted molar refractivity (Wildman–Crippen MR) is 78.7 cm³/mol. The molecule has 2 rings (SSSR count). The summed E-state index contributed by atoms with van der Waals surface area (Å²) in [7, 11) is -2.15. The first kappa shape index (κ1) is 15.6. The highest BCUT2D eigenvalue weighted by atomic mass is 35.5. The molecule has 0 aliphatic carbocycles. The molecule has 7 heteroatoms. The van der Waals surface area contributed by atoms with Crippen molar-refractivity contribution in [1.82, 2.24) is 4.90 Å². The molecular formula is C14H14ClNO4S. The Bertz CT molecular complexity index is 708. The number of benzene rings is 1. The first-order chi connectivity index (χ1) is 9.88. The van der Waals surface area contributed by atoms with Crippen LogP contribution in [0, 0.1) is 0 Å². The number of sulfone groups is 1. The van der Waals surface area contributed by atoms with Crippen LogP contribution in [0.1, 0.15) is 5.76 Å². The first-order valence-electron chi connectivity index (χ1n) is 6.13. The lowest BCUT2D eigenvalue weighted by atomic mass is 10.4. The molecule has 1 aromatic heterocycles. The van der Waals surface area contributed by atoms with Gasteiger partial charge >= 0.3 is 0 Å². The van der Waals surface area contributed by atoms with E-state index in [0.717, 1.165) is 0 Å². The number of amides is 1. The largest absolute Gasteiger partial charge is 0.467 e. The molecule has 1 heterocycles. The lowest BCUT2D eigenvalue weighted by Gasteiger charge is -2.15. The number of halogens is 1. The van der Waals surface area contributed by atoms with Crippen molar-refractivity contribution in [2.75, 3.05) is 12.8 Å². The SMILES string of the molecule is CN(Cc1ccco1)C(=O)CS(=O)(=O)c1ccc(Cl)cc1. The average Bonchev–Trinajstić information content (AvgIpc) is 2.91. The predicted octanol–water partition coefficient (Wildman–Crippen LogP) is 2.37. The van der Waals surface area contributed by atoms with Crippen LogP contribution >= 0.6 is 11.6 Å². The smallest absolute Gasteiger partial charge is 0.238 e. The van der Waals surface area contributed by atoms with Crippen LogP contribution in [0.15, 0.2) is 52.0 Å². The van der Waals surface area contributed by atoms with E-state index in [2.05, 4.69) is 0 Å². The van der Waals surface area contributed by atoms with Crippen molar-refractivity contribution in [1.29, 1.82) is 0 Å². The molecule has 5 nitrogen and oxygen atoms in total. The average molecular weight is 328 g/mol. The van der Waals surface area contributed by atoms with Gasteiger partial charge in [-0.2, -0.15) is 0 Å². The van der Waals surface area contributed by atoms with Gasteiger partial charge in [-0.15, -0.1) is 0 Å². The van der Waals surface area contributed by atoms with Gasteiger partial charge in [0.05, 0.1) is 17.7 Å². The fourth-order valence-corrected chi connectivity index (χ4v) is 3.11. The third-order valence-electron chi connectivity index (χ3n) is 2.89. The summed E-state index contributed by atoms with van der Waals surface area (Å²) in [5.74, 6) is -0.498. The van der Waals surface area contributed by atoms with Gasteiger partial charge < -0.3 is 9.32 Å². The minimum atomic E-state index is -3.68. The second kappa shape index (κ2) is 6.32. The standard InChI is InChI=1S/C14H14ClNO4S/c1-16(9-12-3-2-8-20-12)14(17)10-21(18,19)13-6-4-11(15)5-7-13/h2-8H,9-10H2,1H3. The van der Waals surface area contributed by atoms with Gasteiger partial charge in [0, 0.05) is 12.1 Å². The molecule has 0 aliphatic heterocycles. The highest BCUT2D eigenvalue weighted by molar-refractivity contribution is 7.92. The van der Waals surface area contributed by atoms with E-state index in [-0.39, 0.29) is 11.4 Å². The molecule has 112 valence electrons. The van der Waals surface area contributed by atoms with Crippen molar-refractivity contribution < 1.29 is 17.6 Å². The topological polar surface area (TPSA) is 67.6 Å². The van der Waals surface area contributed by atoms with E-state index in [4.69, 9.17) is 16.0 Å². The van der Waals surface area contributed by atoms with Crippen LogP contribution in [0.3, 0.4) is 0 Å². The number of furan rings is 1. The Morgan fingerprint density at radius 3 is 2.48 bits per heavy atom. The fourth-order valence-electron chi connectivity index (χ4n) is 1.72. The Hall–Kier alpha value is -1.79. The maximum absolute atomic E-state index is 12.1. The lowest BCUT2D eigenvalue weighted by Crippen LogP contribution is -2.32. The van der Waals surface area contributed by atoms with Gasteiger partial charge in [0.1, 0.15) is 11.5 Å². The van der Waals surface area contributed by atoms with E-state index in [1.807, 2.05) is 0 Å². The number of nitrogens with zero attached hydrogens (tertiary/aromatic N) is 1. The van der Waals surface area contributed by atoms with Crippen LogP contribution in [0.2, 0.25) is 5.02 Å². The summed E-state index contributed by atoms with van der Waals surface area (Å²) >= 11 is 5.72. The molecule has 2 aromatic rings. The zero-order valence-corrected chi connectivity index (χ0v) is 12.9. The Morgan fingerprint density at radius 1 is 1.24 bits per heavy atom. The van der Waals surface area contributed by atoms with Gasteiger partial charge in [0.25, 0.3) is 0 Å². The van der Waals surface area contributed by atoms with E-state index in [1.165, 1.54) is 42.5 Å². The molecule has 0 N–H and O–H groups in total. The number of carbonyl (C=O) groups excluding carboxylic acids is 1. The highest BCUT2D eigenvalue weighted by Gasteiger charge is 2.22. The van der Waals surface area contributed by atoms with Crippen molar-refractivity contribution in [2.24, 2.45) is 0 Å². The Labute approximate surface area is 128 Å². The number of hydrogen-bond donors (Lipinski definition) is 0. The molecule has 0 fully saturated rings. The van der Waals surface area contributed by atoms with Gasteiger partial charge in [0.15, 0.2) is 9.84 Å². The first-order valence-corrected chi connectivity index (χ1v) is 8.16. The zero-order chi connectivity index (χ0) is 15.5. The number of hydrogen-bond acceptors (Lipinski definition) is 4. The molecule has 0 bridgehead atoms. The fraction of sp³-hybridized carbons (Fsp3) is 0.214. The molecule has 0 saturated carbocycles. The Morgan fingerprint density at radius 2 is 1.90 bits per heavy atom. The van der Waals surface area contributed by atoms with Crippen LogP contribution in [-0.2, 0) is 21.2 Å². The normalized spacial score (nSPS) is 11.3. The summed E-state index contributed by atoms with van der Waals surface area (Å²) in [5, 5.41) is 0.440. The summed E-state index contributed by atoms with van der Waals surface area (Å²) in [5.41, 5.74) is 0.